The summed E-state index contributed by atoms with van der Waals surface area (Å²) in [4.78, 5) is 47.8. The Morgan fingerprint density at radius 3 is 2.52 bits per heavy atom. The summed E-state index contributed by atoms with van der Waals surface area (Å²) < 4.78 is 9.03. The number of carbonyl (C=O) groups is 3. The van der Waals surface area contributed by atoms with E-state index in [2.05, 4.69) is 5.32 Å². The normalized spacial score (nSPS) is 25.1. The zero-order valence-corrected chi connectivity index (χ0v) is 16.1. The Kier molecular flexibility index (Phi) is 4.89. The second kappa shape index (κ2) is 7.38. The molecule has 2 aromatic rings. The van der Waals surface area contributed by atoms with Crippen LogP contribution in [0.5, 0.6) is 5.75 Å². The molecule has 29 heavy (non-hydrogen) atoms. The summed E-state index contributed by atoms with van der Waals surface area (Å²) in [5, 5.41) is 11.4. The molecule has 0 spiro atoms. The minimum absolute atomic E-state index is 0.120. The number of carboxylic acid groups (broad SMARTS) is 1. The largest absolute Gasteiger partial charge is 0.488 e. The number of benzene rings is 1. The van der Waals surface area contributed by atoms with Crippen LogP contribution in [0.3, 0.4) is 0 Å². The number of aryl methyl sites for hydroxylation is 1. The number of rotatable bonds is 4. The third-order valence-electron chi connectivity index (χ3n) is 5.90. The van der Waals surface area contributed by atoms with Gasteiger partial charge in [-0.1, -0.05) is 6.07 Å². The Hall–Kier alpha value is -3.10. The van der Waals surface area contributed by atoms with Gasteiger partial charge in [-0.15, -0.1) is 0 Å². The molecule has 2 fully saturated rings. The lowest BCUT2D eigenvalue weighted by Gasteiger charge is -2.27. The van der Waals surface area contributed by atoms with Crippen LogP contribution in [0.2, 0.25) is 0 Å². The Bertz CT molecular complexity index is 1040. The second-order valence-corrected chi connectivity index (χ2v) is 7.73. The number of fused-ring (bicyclic) bond motifs is 1. The summed E-state index contributed by atoms with van der Waals surface area (Å²) in [6, 6.07) is 4.56. The summed E-state index contributed by atoms with van der Waals surface area (Å²) in [6.45, 7) is 0. The molecule has 0 radical (unpaired) electrons. The lowest BCUT2D eigenvalue weighted by atomic mass is 9.87. The average molecular weight is 401 g/mol. The van der Waals surface area contributed by atoms with Crippen molar-refractivity contribution in [2.45, 2.75) is 50.7 Å². The Labute approximate surface area is 166 Å². The topological polar surface area (TPSA) is 120 Å². The van der Waals surface area contributed by atoms with E-state index in [1.165, 1.54) is 9.13 Å². The average Bonchev–Trinajstić information content (AvgIpc) is 2.94. The van der Waals surface area contributed by atoms with Crippen molar-refractivity contribution in [2.75, 3.05) is 0 Å². The predicted molar refractivity (Wildman–Crippen MR) is 103 cm³/mol. The Morgan fingerprint density at radius 2 is 1.86 bits per heavy atom. The van der Waals surface area contributed by atoms with Gasteiger partial charge in [-0.05, 0) is 44.2 Å². The molecule has 2 heterocycles. The summed E-state index contributed by atoms with van der Waals surface area (Å²) in [5.74, 6) is -1.38. The molecule has 2 amide bonds. The molecule has 4 rings (SSSR count). The third-order valence-corrected chi connectivity index (χ3v) is 5.90. The van der Waals surface area contributed by atoms with Crippen molar-refractivity contribution >= 4 is 28.8 Å². The maximum Gasteiger partial charge on any atom is 0.329 e. The van der Waals surface area contributed by atoms with E-state index in [0.29, 0.717) is 42.5 Å². The molecule has 1 saturated heterocycles. The highest BCUT2D eigenvalue weighted by atomic mass is 16.5. The lowest BCUT2D eigenvalue weighted by Crippen LogP contribution is -2.44. The molecule has 9 heteroatoms. The number of imide groups is 1. The molecule has 1 aromatic carbocycles. The monoisotopic (exact) mass is 401 g/mol. The van der Waals surface area contributed by atoms with Gasteiger partial charge < -0.3 is 9.84 Å². The molecule has 1 aliphatic carbocycles. The first-order valence-electron chi connectivity index (χ1n) is 9.80. The number of aromatic nitrogens is 2. The van der Waals surface area contributed by atoms with Gasteiger partial charge in [-0.2, -0.15) is 0 Å². The maximum absolute atomic E-state index is 12.9. The van der Waals surface area contributed by atoms with Crippen LogP contribution in [0.25, 0.3) is 11.0 Å². The Morgan fingerprint density at radius 1 is 1.14 bits per heavy atom. The van der Waals surface area contributed by atoms with Gasteiger partial charge >= 0.3 is 11.7 Å². The predicted octanol–water partition coefficient (Wildman–Crippen LogP) is 1.34. The number of hydrogen-bond acceptors (Lipinski definition) is 5. The van der Waals surface area contributed by atoms with Crippen LogP contribution in [-0.4, -0.2) is 38.1 Å². The van der Waals surface area contributed by atoms with Crippen LogP contribution in [0.15, 0.2) is 23.0 Å². The van der Waals surface area contributed by atoms with Gasteiger partial charge in [0.1, 0.15) is 17.3 Å². The maximum atomic E-state index is 12.9. The van der Waals surface area contributed by atoms with Crippen molar-refractivity contribution in [3.63, 3.8) is 0 Å². The molecular weight excluding hydrogens is 378 g/mol. The molecule has 1 atom stereocenters. The van der Waals surface area contributed by atoms with Crippen LogP contribution >= 0.6 is 0 Å². The number of ether oxygens (including phenoxy) is 1. The lowest BCUT2D eigenvalue weighted by molar-refractivity contribution is -0.143. The van der Waals surface area contributed by atoms with Crippen LogP contribution < -0.4 is 15.7 Å². The SMILES string of the molecule is Cn1c(=O)n(C2CCC(=O)NC2=O)c2cccc(OC3CCC(C(=O)O)CC3)c21. The van der Waals surface area contributed by atoms with E-state index in [1.807, 2.05) is 0 Å². The number of nitrogens with zero attached hydrogens (tertiary/aromatic N) is 2. The van der Waals surface area contributed by atoms with E-state index in [-0.39, 0.29) is 36.5 Å². The summed E-state index contributed by atoms with van der Waals surface area (Å²) >= 11 is 0. The van der Waals surface area contributed by atoms with E-state index >= 15 is 0 Å². The number of imidazole rings is 1. The number of para-hydroxylation sites is 1. The van der Waals surface area contributed by atoms with E-state index in [1.54, 1.807) is 25.2 Å². The van der Waals surface area contributed by atoms with Crippen molar-refractivity contribution in [2.24, 2.45) is 13.0 Å². The van der Waals surface area contributed by atoms with Crippen molar-refractivity contribution < 1.29 is 24.2 Å². The molecular formula is C20H23N3O6. The number of nitrogens with one attached hydrogen (secondary N) is 1. The number of hydrogen-bond donors (Lipinski definition) is 2. The fraction of sp³-hybridized carbons (Fsp3) is 0.500. The van der Waals surface area contributed by atoms with Crippen LogP contribution in [0.1, 0.15) is 44.6 Å². The molecule has 154 valence electrons. The van der Waals surface area contributed by atoms with E-state index < -0.39 is 17.9 Å². The minimum Gasteiger partial charge on any atom is -0.488 e. The highest BCUT2D eigenvalue weighted by Gasteiger charge is 2.32. The van der Waals surface area contributed by atoms with Crippen LogP contribution in [0.4, 0.5) is 0 Å². The number of carboxylic acids is 1. The van der Waals surface area contributed by atoms with Crippen molar-refractivity contribution in [3.8, 4) is 5.75 Å². The highest BCUT2D eigenvalue weighted by Crippen LogP contribution is 2.32. The molecule has 2 N–H and O–H groups in total. The zero-order valence-electron chi connectivity index (χ0n) is 16.1. The number of piperidine rings is 1. The Balaban J connectivity index is 1.66. The molecule has 2 aliphatic rings. The van der Waals surface area contributed by atoms with E-state index in [0.717, 1.165) is 0 Å². The molecule has 1 aliphatic heterocycles. The van der Waals surface area contributed by atoms with Gasteiger partial charge in [-0.25, -0.2) is 4.79 Å². The second-order valence-electron chi connectivity index (χ2n) is 7.73. The zero-order chi connectivity index (χ0) is 20.7. The van der Waals surface area contributed by atoms with Gasteiger partial charge in [-0.3, -0.25) is 28.8 Å². The van der Waals surface area contributed by atoms with Gasteiger partial charge in [0.15, 0.2) is 0 Å². The number of aliphatic carboxylic acids is 1. The third kappa shape index (κ3) is 3.41. The quantitative estimate of drug-likeness (QED) is 0.746. The van der Waals surface area contributed by atoms with Gasteiger partial charge in [0.25, 0.3) is 0 Å². The first kappa shape index (κ1) is 19.2. The minimum atomic E-state index is -0.769. The molecule has 0 bridgehead atoms. The van der Waals surface area contributed by atoms with Crippen molar-refractivity contribution in [1.29, 1.82) is 0 Å². The first-order chi connectivity index (χ1) is 13.9. The highest BCUT2D eigenvalue weighted by molar-refractivity contribution is 6.00. The van der Waals surface area contributed by atoms with Crippen molar-refractivity contribution in [3.05, 3.63) is 28.7 Å². The van der Waals surface area contributed by atoms with Crippen LogP contribution in [0, 0.1) is 5.92 Å². The van der Waals surface area contributed by atoms with E-state index in [4.69, 9.17) is 9.84 Å². The summed E-state index contributed by atoms with van der Waals surface area (Å²) in [7, 11) is 1.63. The summed E-state index contributed by atoms with van der Waals surface area (Å²) in [6.07, 6.45) is 2.73. The van der Waals surface area contributed by atoms with Gasteiger partial charge in [0.05, 0.1) is 17.5 Å². The molecule has 9 nitrogen and oxygen atoms in total. The molecule has 1 unspecified atom stereocenters. The van der Waals surface area contributed by atoms with E-state index in [9.17, 15) is 19.2 Å². The molecule has 1 saturated carbocycles. The standard InChI is InChI=1S/C20H23N3O6/c1-22-17-13(23(20(22)28)14-9-10-16(24)21-18(14)25)3-2-4-15(17)29-12-7-5-11(6-8-12)19(26)27/h2-4,11-12,14H,5-10H2,1H3,(H,26,27)(H,21,24,25). The fourth-order valence-electron chi connectivity index (χ4n) is 4.33. The van der Waals surface area contributed by atoms with Gasteiger partial charge in [0.2, 0.25) is 11.8 Å². The van der Waals surface area contributed by atoms with Crippen LogP contribution in [-0.2, 0) is 21.4 Å². The fourth-order valence-corrected chi connectivity index (χ4v) is 4.33. The number of carbonyl (C=O) groups excluding carboxylic acids is 2. The number of amides is 2. The smallest absolute Gasteiger partial charge is 0.329 e. The van der Waals surface area contributed by atoms with Gasteiger partial charge in [0, 0.05) is 13.5 Å². The van der Waals surface area contributed by atoms with Crippen molar-refractivity contribution in [1.82, 2.24) is 14.5 Å². The first-order valence-corrected chi connectivity index (χ1v) is 9.80. The molecule has 1 aromatic heterocycles. The summed E-state index contributed by atoms with van der Waals surface area (Å²) in [5.41, 5.74) is 0.811.